The molecule has 0 radical (unpaired) electrons. The van der Waals surface area contributed by atoms with Gasteiger partial charge in [-0.2, -0.15) is 0 Å². The lowest BCUT2D eigenvalue weighted by Crippen LogP contribution is -2.46. The van der Waals surface area contributed by atoms with E-state index in [-0.39, 0.29) is 19.1 Å². The molecule has 8 nitrogen and oxygen atoms in total. The number of rotatable bonds is 42. The lowest BCUT2D eigenvalue weighted by molar-refractivity contribution is -0.870. The first-order valence-corrected chi connectivity index (χ1v) is 25.0. The van der Waals surface area contributed by atoms with Crippen LogP contribution in [0.3, 0.4) is 0 Å². The smallest absolute Gasteiger partial charge is 0.391 e. The molecule has 0 aliphatic rings. The summed E-state index contributed by atoms with van der Waals surface area (Å²) in [5.74, 6) is -0.199. The molecule has 3 N–H and O–H groups in total. The quantitative estimate of drug-likeness (QED) is 0.0245. The summed E-state index contributed by atoms with van der Waals surface area (Å²) >= 11 is 0. The number of hydrogen-bond donors (Lipinski definition) is 3. The number of carbonyl (C=O) groups is 1. The van der Waals surface area contributed by atoms with Crippen LogP contribution in [0, 0.1) is 0 Å². The molecule has 0 aromatic heterocycles. The predicted octanol–water partition coefficient (Wildman–Crippen LogP) is 13.2. The molecule has 57 heavy (non-hydrogen) atoms. The zero-order valence-corrected chi connectivity index (χ0v) is 38.7. The molecule has 0 aliphatic carbocycles. The Kier molecular flexibility index (Phi) is 38.8. The van der Waals surface area contributed by atoms with E-state index in [2.05, 4.69) is 67.8 Å². The number of aliphatic hydroxyl groups excluding tert-OH is 1. The summed E-state index contributed by atoms with van der Waals surface area (Å²) in [5, 5.41) is 13.9. The van der Waals surface area contributed by atoms with Crippen molar-refractivity contribution in [2.45, 2.75) is 212 Å². The van der Waals surface area contributed by atoms with Gasteiger partial charge in [-0.15, -0.1) is 0 Å². The van der Waals surface area contributed by atoms with Gasteiger partial charge in [0.1, 0.15) is 13.2 Å². The zero-order chi connectivity index (χ0) is 42.1. The molecule has 3 atom stereocenters. The van der Waals surface area contributed by atoms with Gasteiger partial charge in [0.15, 0.2) is 0 Å². The first kappa shape index (κ1) is 55.5. The minimum absolute atomic E-state index is 0.0630. The van der Waals surface area contributed by atoms with Crippen molar-refractivity contribution in [3.05, 3.63) is 48.6 Å². The minimum atomic E-state index is -4.33. The number of nitrogens with zero attached hydrogens (tertiary/aromatic N) is 1. The van der Waals surface area contributed by atoms with Gasteiger partial charge in [-0.3, -0.25) is 13.8 Å². The summed E-state index contributed by atoms with van der Waals surface area (Å²) < 4.78 is 23.6. The van der Waals surface area contributed by atoms with Crippen LogP contribution in [0.2, 0.25) is 0 Å². The average molecular weight is 824 g/mol. The van der Waals surface area contributed by atoms with Gasteiger partial charge in [-0.25, -0.2) is 4.57 Å². The maximum absolute atomic E-state index is 12.9. The van der Waals surface area contributed by atoms with E-state index in [1.54, 1.807) is 0 Å². The van der Waals surface area contributed by atoms with Crippen LogP contribution in [0.4, 0.5) is 0 Å². The molecule has 1 amide bonds. The number of nitrogens with one attached hydrogen (secondary N) is 1. The monoisotopic (exact) mass is 824 g/mol. The summed E-state index contributed by atoms with van der Waals surface area (Å²) in [6, 6.07) is -0.789. The van der Waals surface area contributed by atoms with Gasteiger partial charge in [0.2, 0.25) is 5.91 Å². The van der Waals surface area contributed by atoms with E-state index >= 15 is 0 Å². The molecule has 0 fully saturated rings. The first-order chi connectivity index (χ1) is 27.5. The number of carbonyl (C=O) groups excluding carboxylic acids is 1. The molecule has 0 bridgehead atoms. The maximum atomic E-state index is 12.9. The Morgan fingerprint density at radius 3 is 1.46 bits per heavy atom. The summed E-state index contributed by atoms with van der Waals surface area (Å²) in [6.45, 7) is 4.84. The normalized spacial score (nSPS) is 14.7. The Morgan fingerprint density at radius 1 is 0.596 bits per heavy atom. The SMILES string of the molecule is CCCCCCCCC/C=C/C/C=C/C/C=C/C/C=C/CCCC(=O)N[C@@H](COP(=O)(O)OCC[N+](C)(C)C)[C@H](O)CCCCCCCCCCCCCCCC. The van der Waals surface area contributed by atoms with Crippen molar-refractivity contribution in [2.24, 2.45) is 0 Å². The standard InChI is InChI=1S/C48H91N2O6P/c1-6-8-10-12-14-16-18-20-22-23-24-25-26-27-28-30-32-34-36-38-40-42-48(52)49-46(45-56-57(53,54)55-44-43-50(3,4)5)47(51)41-39-37-35-33-31-29-21-19-17-15-13-11-9-7-2/h22-23,25-26,28,30,34,36,46-47,51H,6-21,24,27,29,31-33,35,37-45H2,1-5H3,(H-,49,52,53,54)/p+1/b23-22+,26-25+,30-28+,36-34+/t46-,47+/m0/s1. The highest BCUT2D eigenvalue weighted by Crippen LogP contribution is 2.43. The third-order valence-corrected chi connectivity index (χ3v) is 11.3. The highest BCUT2D eigenvalue weighted by Gasteiger charge is 2.28. The Balaban J connectivity index is 4.43. The molecule has 0 heterocycles. The number of aliphatic hydroxyl groups is 1. The van der Waals surface area contributed by atoms with Crippen LogP contribution in [0.25, 0.3) is 0 Å². The van der Waals surface area contributed by atoms with Crippen molar-refractivity contribution in [2.75, 3.05) is 40.9 Å². The molecule has 0 aliphatic heterocycles. The second-order valence-corrected chi connectivity index (χ2v) is 18.6. The molecule has 0 spiro atoms. The van der Waals surface area contributed by atoms with Gasteiger partial charge in [0.05, 0.1) is 39.9 Å². The number of phosphoric acid groups is 1. The fourth-order valence-corrected chi connectivity index (χ4v) is 7.30. The number of likely N-dealkylation sites (N-methyl/N-ethyl adjacent to an activating group) is 1. The Labute approximate surface area is 352 Å². The Bertz CT molecular complexity index is 1070. The van der Waals surface area contributed by atoms with Crippen molar-refractivity contribution in [3.63, 3.8) is 0 Å². The van der Waals surface area contributed by atoms with Gasteiger partial charge in [0.25, 0.3) is 0 Å². The lowest BCUT2D eigenvalue weighted by atomic mass is 10.0. The third-order valence-electron chi connectivity index (χ3n) is 10.3. The predicted molar refractivity (Wildman–Crippen MR) is 244 cm³/mol. The second kappa shape index (κ2) is 39.9. The third kappa shape index (κ3) is 42.4. The summed E-state index contributed by atoms with van der Waals surface area (Å²) in [7, 11) is 1.58. The molecule has 334 valence electrons. The molecular weight excluding hydrogens is 732 g/mol. The highest BCUT2D eigenvalue weighted by molar-refractivity contribution is 7.47. The number of unbranched alkanes of at least 4 members (excludes halogenated alkanes) is 21. The number of hydrogen-bond acceptors (Lipinski definition) is 5. The van der Waals surface area contributed by atoms with E-state index in [4.69, 9.17) is 9.05 Å². The van der Waals surface area contributed by atoms with E-state index in [1.807, 2.05) is 21.1 Å². The van der Waals surface area contributed by atoms with Crippen molar-refractivity contribution in [1.29, 1.82) is 0 Å². The van der Waals surface area contributed by atoms with Crippen molar-refractivity contribution >= 4 is 13.7 Å². The summed E-state index contributed by atoms with van der Waals surface area (Å²) in [6.07, 6.45) is 50.0. The van der Waals surface area contributed by atoms with Crippen molar-refractivity contribution in [1.82, 2.24) is 5.32 Å². The van der Waals surface area contributed by atoms with Gasteiger partial charge in [-0.1, -0.05) is 191 Å². The maximum Gasteiger partial charge on any atom is 0.472 e. The van der Waals surface area contributed by atoms with Crippen LogP contribution in [-0.2, 0) is 18.4 Å². The largest absolute Gasteiger partial charge is 0.472 e. The van der Waals surface area contributed by atoms with Gasteiger partial charge in [0, 0.05) is 6.42 Å². The molecule has 9 heteroatoms. The van der Waals surface area contributed by atoms with Crippen molar-refractivity contribution in [3.8, 4) is 0 Å². The number of allylic oxidation sites excluding steroid dienone is 8. The Morgan fingerprint density at radius 2 is 1.00 bits per heavy atom. The van der Waals surface area contributed by atoms with Crippen LogP contribution in [0.1, 0.15) is 200 Å². The number of amides is 1. The summed E-state index contributed by atoms with van der Waals surface area (Å²) in [5.41, 5.74) is 0. The molecular formula is C48H92N2O6P+. The second-order valence-electron chi connectivity index (χ2n) is 17.1. The Hall–Kier alpha value is -1.54. The van der Waals surface area contributed by atoms with Crippen LogP contribution in [0.5, 0.6) is 0 Å². The fraction of sp³-hybridized carbons (Fsp3) is 0.812. The molecule has 0 rings (SSSR count). The molecule has 0 aromatic carbocycles. The van der Waals surface area contributed by atoms with Gasteiger partial charge >= 0.3 is 7.82 Å². The van der Waals surface area contributed by atoms with E-state index in [0.29, 0.717) is 30.3 Å². The fourth-order valence-electron chi connectivity index (χ4n) is 6.57. The topological polar surface area (TPSA) is 105 Å². The highest BCUT2D eigenvalue weighted by atomic mass is 31.2. The molecule has 0 aromatic rings. The number of quaternary nitrogens is 1. The zero-order valence-electron chi connectivity index (χ0n) is 37.8. The van der Waals surface area contributed by atoms with Crippen LogP contribution >= 0.6 is 7.82 Å². The van der Waals surface area contributed by atoms with E-state index in [1.165, 1.54) is 122 Å². The minimum Gasteiger partial charge on any atom is -0.391 e. The van der Waals surface area contributed by atoms with E-state index in [0.717, 1.165) is 44.9 Å². The average Bonchev–Trinajstić information content (AvgIpc) is 3.16. The summed E-state index contributed by atoms with van der Waals surface area (Å²) in [4.78, 5) is 23.1. The molecule has 0 saturated carbocycles. The molecule has 1 unspecified atom stereocenters. The van der Waals surface area contributed by atoms with Crippen molar-refractivity contribution < 1.29 is 32.9 Å². The van der Waals surface area contributed by atoms with Gasteiger partial charge in [-0.05, 0) is 51.4 Å². The van der Waals surface area contributed by atoms with E-state index < -0.39 is 20.0 Å². The van der Waals surface area contributed by atoms with Gasteiger partial charge < -0.3 is 19.8 Å². The van der Waals surface area contributed by atoms with Crippen LogP contribution in [0.15, 0.2) is 48.6 Å². The van der Waals surface area contributed by atoms with Crippen LogP contribution < -0.4 is 5.32 Å². The number of phosphoric ester groups is 1. The van der Waals surface area contributed by atoms with E-state index in [9.17, 15) is 19.4 Å². The van der Waals surface area contributed by atoms with Crippen LogP contribution in [-0.4, -0.2) is 73.4 Å². The molecule has 0 saturated heterocycles. The lowest BCUT2D eigenvalue weighted by Gasteiger charge is -2.26. The first-order valence-electron chi connectivity index (χ1n) is 23.5.